The van der Waals surface area contributed by atoms with E-state index in [9.17, 15) is 4.79 Å². The number of esters is 1. The van der Waals surface area contributed by atoms with Gasteiger partial charge < -0.3 is 15.2 Å². The summed E-state index contributed by atoms with van der Waals surface area (Å²) in [6.45, 7) is 2.20. The molecule has 1 aliphatic carbocycles. The monoisotopic (exact) mass is 249 g/mol. The molecule has 98 valence electrons. The quantitative estimate of drug-likeness (QED) is 0.830. The number of hydrogen-bond acceptors (Lipinski definition) is 4. The SMILES string of the molecule is CCOC(=O)[C@H]1CCc2ccc(OC)cc2[C@H]1N. The molecule has 1 aromatic carbocycles. The first kappa shape index (κ1) is 12.9. The second kappa shape index (κ2) is 5.40. The normalized spacial score (nSPS) is 22.2. The summed E-state index contributed by atoms with van der Waals surface area (Å²) in [4.78, 5) is 11.8. The molecule has 1 aromatic rings. The van der Waals surface area contributed by atoms with Crippen LogP contribution >= 0.6 is 0 Å². The molecule has 1 aliphatic rings. The molecule has 0 unspecified atom stereocenters. The molecule has 0 heterocycles. The number of hydrogen-bond donors (Lipinski definition) is 1. The van der Waals surface area contributed by atoms with E-state index in [1.54, 1.807) is 7.11 Å². The van der Waals surface area contributed by atoms with Gasteiger partial charge in [-0.05, 0) is 43.0 Å². The summed E-state index contributed by atoms with van der Waals surface area (Å²) in [7, 11) is 1.62. The van der Waals surface area contributed by atoms with Crippen LogP contribution < -0.4 is 10.5 Å². The lowest BCUT2D eigenvalue weighted by atomic mass is 9.80. The number of carbonyl (C=O) groups is 1. The highest BCUT2D eigenvalue weighted by atomic mass is 16.5. The first-order valence-electron chi connectivity index (χ1n) is 6.26. The van der Waals surface area contributed by atoms with Crippen molar-refractivity contribution in [2.45, 2.75) is 25.8 Å². The van der Waals surface area contributed by atoms with Crippen molar-refractivity contribution in [1.29, 1.82) is 0 Å². The number of aryl methyl sites for hydroxylation is 1. The van der Waals surface area contributed by atoms with Gasteiger partial charge >= 0.3 is 5.97 Å². The van der Waals surface area contributed by atoms with Gasteiger partial charge in [0.1, 0.15) is 5.75 Å². The fourth-order valence-electron chi connectivity index (χ4n) is 2.46. The summed E-state index contributed by atoms with van der Waals surface area (Å²) in [5.74, 6) is 0.330. The van der Waals surface area contributed by atoms with Crippen LogP contribution in [0.1, 0.15) is 30.5 Å². The van der Waals surface area contributed by atoms with Crippen LogP contribution in [-0.4, -0.2) is 19.7 Å². The van der Waals surface area contributed by atoms with Crippen LogP contribution in [-0.2, 0) is 16.0 Å². The maximum Gasteiger partial charge on any atom is 0.310 e. The van der Waals surface area contributed by atoms with Crippen molar-refractivity contribution in [1.82, 2.24) is 0 Å². The van der Waals surface area contributed by atoms with Crippen LogP contribution in [0, 0.1) is 5.92 Å². The summed E-state index contributed by atoms with van der Waals surface area (Å²) in [6, 6.07) is 5.57. The van der Waals surface area contributed by atoms with Gasteiger partial charge in [0.05, 0.1) is 19.6 Å². The Kier molecular flexibility index (Phi) is 3.87. The summed E-state index contributed by atoms with van der Waals surface area (Å²) in [6.07, 6.45) is 1.61. The van der Waals surface area contributed by atoms with E-state index in [0.29, 0.717) is 6.61 Å². The van der Waals surface area contributed by atoms with Gasteiger partial charge in [0.25, 0.3) is 0 Å². The Morgan fingerprint density at radius 1 is 1.50 bits per heavy atom. The zero-order chi connectivity index (χ0) is 13.1. The van der Waals surface area contributed by atoms with Gasteiger partial charge in [0, 0.05) is 6.04 Å². The Morgan fingerprint density at radius 3 is 2.94 bits per heavy atom. The smallest absolute Gasteiger partial charge is 0.310 e. The minimum atomic E-state index is -0.303. The second-order valence-electron chi connectivity index (χ2n) is 4.49. The molecule has 0 saturated heterocycles. The number of fused-ring (bicyclic) bond motifs is 1. The summed E-state index contributed by atoms with van der Waals surface area (Å²) in [5.41, 5.74) is 8.39. The molecule has 4 nitrogen and oxygen atoms in total. The second-order valence-corrected chi connectivity index (χ2v) is 4.49. The molecule has 2 atom stereocenters. The summed E-state index contributed by atoms with van der Waals surface area (Å²) < 4.78 is 10.3. The van der Waals surface area contributed by atoms with Gasteiger partial charge in [-0.1, -0.05) is 6.07 Å². The first-order chi connectivity index (χ1) is 8.67. The van der Waals surface area contributed by atoms with E-state index in [1.165, 1.54) is 5.56 Å². The fourth-order valence-corrected chi connectivity index (χ4v) is 2.46. The molecular weight excluding hydrogens is 230 g/mol. The van der Waals surface area contributed by atoms with Gasteiger partial charge in [0.15, 0.2) is 0 Å². The molecule has 0 aliphatic heterocycles. The maximum absolute atomic E-state index is 11.8. The lowest BCUT2D eigenvalue weighted by molar-refractivity contribution is -0.149. The highest BCUT2D eigenvalue weighted by Crippen LogP contribution is 2.35. The first-order valence-corrected chi connectivity index (χ1v) is 6.26. The van der Waals surface area contributed by atoms with Crippen LogP contribution in [0.3, 0.4) is 0 Å². The Hall–Kier alpha value is -1.55. The number of nitrogens with two attached hydrogens (primary N) is 1. The molecule has 4 heteroatoms. The predicted octanol–water partition coefficient (Wildman–Crippen LogP) is 1.82. The van der Waals surface area contributed by atoms with Gasteiger partial charge in [-0.15, -0.1) is 0 Å². The minimum absolute atomic E-state index is 0.196. The van der Waals surface area contributed by atoms with Gasteiger partial charge in [-0.25, -0.2) is 0 Å². The molecule has 0 radical (unpaired) electrons. The molecule has 0 saturated carbocycles. The van der Waals surface area contributed by atoms with Gasteiger partial charge in [-0.3, -0.25) is 4.79 Å². The lowest BCUT2D eigenvalue weighted by Gasteiger charge is -2.29. The van der Waals surface area contributed by atoms with E-state index < -0.39 is 0 Å². The molecule has 18 heavy (non-hydrogen) atoms. The molecule has 0 fully saturated rings. The van der Waals surface area contributed by atoms with E-state index in [0.717, 1.165) is 24.2 Å². The Balaban J connectivity index is 2.26. The molecule has 2 rings (SSSR count). The number of carbonyl (C=O) groups excluding carboxylic acids is 1. The van der Waals surface area contributed by atoms with Gasteiger partial charge in [-0.2, -0.15) is 0 Å². The summed E-state index contributed by atoms with van der Waals surface area (Å²) >= 11 is 0. The third-order valence-corrected chi connectivity index (χ3v) is 3.46. The zero-order valence-corrected chi connectivity index (χ0v) is 10.8. The van der Waals surface area contributed by atoms with Crippen LogP contribution in [0.2, 0.25) is 0 Å². The minimum Gasteiger partial charge on any atom is -0.497 e. The van der Waals surface area contributed by atoms with E-state index in [-0.39, 0.29) is 17.9 Å². The number of benzene rings is 1. The Morgan fingerprint density at radius 2 is 2.28 bits per heavy atom. The van der Waals surface area contributed by atoms with Crippen molar-refractivity contribution in [2.75, 3.05) is 13.7 Å². The topological polar surface area (TPSA) is 61.5 Å². The number of rotatable bonds is 3. The fraction of sp³-hybridized carbons (Fsp3) is 0.500. The van der Waals surface area contributed by atoms with Gasteiger partial charge in [0.2, 0.25) is 0 Å². The van der Waals surface area contributed by atoms with Crippen molar-refractivity contribution in [3.05, 3.63) is 29.3 Å². The van der Waals surface area contributed by atoms with Crippen molar-refractivity contribution in [3.8, 4) is 5.75 Å². The molecule has 0 bridgehead atoms. The van der Waals surface area contributed by atoms with E-state index >= 15 is 0 Å². The van der Waals surface area contributed by atoms with Crippen LogP contribution in [0.15, 0.2) is 18.2 Å². The molecule has 2 N–H and O–H groups in total. The van der Waals surface area contributed by atoms with Crippen LogP contribution in [0.4, 0.5) is 0 Å². The predicted molar refractivity (Wildman–Crippen MR) is 68.4 cm³/mol. The average Bonchev–Trinajstić information content (AvgIpc) is 2.39. The highest BCUT2D eigenvalue weighted by molar-refractivity contribution is 5.74. The van der Waals surface area contributed by atoms with E-state index in [4.69, 9.17) is 15.2 Å². The Bertz CT molecular complexity index is 445. The molecule has 0 amide bonds. The third-order valence-electron chi connectivity index (χ3n) is 3.46. The van der Waals surface area contributed by atoms with E-state index in [1.807, 2.05) is 25.1 Å². The lowest BCUT2D eigenvalue weighted by Crippen LogP contribution is -2.34. The molecule has 0 aromatic heterocycles. The molecule has 0 spiro atoms. The van der Waals surface area contributed by atoms with Crippen LogP contribution in [0.5, 0.6) is 5.75 Å². The maximum atomic E-state index is 11.8. The van der Waals surface area contributed by atoms with Crippen molar-refractivity contribution < 1.29 is 14.3 Å². The largest absolute Gasteiger partial charge is 0.497 e. The van der Waals surface area contributed by atoms with E-state index in [2.05, 4.69) is 0 Å². The average molecular weight is 249 g/mol. The number of ether oxygens (including phenoxy) is 2. The van der Waals surface area contributed by atoms with Crippen LogP contribution in [0.25, 0.3) is 0 Å². The zero-order valence-electron chi connectivity index (χ0n) is 10.8. The van der Waals surface area contributed by atoms with Crippen molar-refractivity contribution in [3.63, 3.8) is 0 Å². The standard InChI is InChI=1S/C14H19NO3/c1-3-18-14(16)11-7-5-9-4-6-10(17-2)8-12(9)13(11)15/h4,6,8,11,13H,3,5,7,15H2,1-2H3/t11-,13-/m0/s1. The third kappa shape index (κ3) is 2.34. The molecular formula is C14H19NO3. The Labute approximate surface area is 107 Å². The van der Waals surface area contributed by atoms with Crippen molar-refractivity contribution in [2.24, 2.45) is 11.7 Å². The summed E-state index contributed by atoms with van der Waals surface area (Å²) in [5, 5.41) is 0. The van der Waals surface area contributed by atoms with Crippen molar-refractivity contribution >= 4 is 5.97 Å². The highest BCUT2D eigenvalue weighted by Gasteiger charge is 2.33. The number of methoxy groups -OCH3 is 1.